The van der Waals surface area contributed by atoms with E-state index in [1.807, 2.05) is 31.2 Å². The first-order valence-corrected chi connectivity index (χ1v) is 9.50. The van der Waals surface area contributed by atoms with E-state index in [0.29, 0.717) is 36.3 Å². The Morgan fingerprint density at radius 3 is 2.69 bits per heavy atom. The standard InChI is InChI=1S/C20H24BrNO4/c1-15(8-10-23)13-16-6-7-18(19(21)20(16)24)26-12-3-2-11-25-17-5-4-9-22-14-17/h4-7,9-10,14-15,24H,2-3,8,11-13H2,1H3. The minimum Gasteiger partial charge on any atom is -0.506 e. The van der Waals surface area contributed by atoms with Crippen molar-refractivity contribution in [1.82, 2.24) is 4.98 Å². The van der Waals surface area contributed by atoms with Crippen LogP contribution in [0, 0.1) is 5.92 Å². The number of carbonyl (C=O) groups excluding carboxylic acids is 1. The third-order valence-corrected chi connectivity index (χ3v) is 4.70. The Morgan fingerprint density at radius 1 is 1.23 bits per heavy atom. The summed E-state index contributed by atoms with van der Waals surface area (Å²) < 4.78 is 11.9. The zero-order valence-corrected chi connectivity index (χ0v) is 16.4. The van der Waals surface area contributed by atoms with E-state index in [0.717, 1.165) is 30.4 Å². The molecular weight excluding hydrogens is 398 g/mol. The molecule has 1 N–H and O–H groups in total. The Kier molecular flexibility index (Phi) is 8.41. The maximum absolute atomic E-state index is 10.6. The molecule has 0 aliphatic rings. The van der Waals surface area contributed by atoms with E-state index < -0.39 is 0 Å². The minimum atomic E-state index is 0.181. The molecule has 1 atom stereocenters. The van der Waals surface area contributed by atoms with E-state index in [2.05, 4.69) is 20.9 Å². The van der Waals surface area contributed by atoms with E-state index in [-0.39, 0.29) is 11.7 Å². The van der Waals surface area contributed by atoms with Crippen molar-refractivity contribution in [2.45, 2.75) is 32.6 Å². The van der Waals surface area contributed by atoms with E-state index >= 15 is 0 Å². The first-order chi connectivity index (χ1) is 12.6. The van der Waals surface area contributed by atoms with Crippen molar-refractivity contribution < 1.29 is 19.4 Å². The quantitative estimate of drug-likeness (QED) is 0.425. The fourth-order valence-corrected chi connectivity index (χ4v) is 3.00. The van der Waals surface area contributed by atoms with Crippen LogP contribution in [0.15, 0.2) is 41.1 Å². The van der Waals surface area contributed by atoms with E-state index in [9.17, 15) is 9.90 Å². The SMILES string of the molecule is CC(CC=O)Cc1ccc(OCCCCOc2cccnc2)c(Br)c1O. The number of phenolic OH excluding ortho intramolecular Hbond substituents is 1. The van der Waals surface area contributed by atoms with E-state index in [1.165, 1.54) is 0 Å². The average Bonchev–Trinajstić information content (AvgIpc) is 2.64. The van der Waals surface area contributed by atoms with Crippen molar-refractivity contribution in [3.8, 4) is 17.2 Å². The fraction of sp³-hybridized carbons (Fsp3) is 0.400. The second-order valence-corrected chi connectivity index (χ2v) is 6.98. The number of phenols is 1. The lowest BCUT2D eigenvalue weighted by molar-refractivity contribution is -0.108. The summed E-state index contributed by atoms with van der Waals surface area (Å²) in [7, 11) is 0. The summed E-state index contributed by atoms with van der Waals surface area (Å²) in [5.74, 6) is 1.75. The van der Waals surface area contributed by atoms with Crippen LogP contribution in [-0.4, -0.2) is 29.6 Å². The third-order valence-electron chi connectivity index (χ3n) is 3.93. The summed E-state index contributed by atoms with van der Waals surface area (Å²) >= 11 is 3.40. The van der Waals surface area contributed by atoms with Crippen LogP contribution in [0.1, 0.15) is 31.7 Å². The van der Waals surface area contributed by atoms with Crippen LogP contribution in [0.4, 0.5) is 0 Å². The molecule has 5 nitrogen and oxygen atoms in total. The number of pyridine rings is 1. The maximum atomic E-state index is 10.6. The largest absolute Gasteiger partial charge is 0.506 e. The van der Waals surface area contributed by atoms with Crippen LogP contribution in [0.25, 0.3) is 0 Å². The first-order valence-electron chi connectivity index (χ1n) is 8.71. The number of halogens is 1. The van der Waals surface area contributed by atoms with Crippen molar-refractivity contribution in [3.05, 3.63) is 46.7 Å². The van der Waals surface area contributed by atoms with Crippen LogP contribution in [0.3, 0.4) is 0 Å². The predicted octanol–water partition coefficient (Wildman–Crippen LogP) is 4.56. The monoisotopic (exact) mass is 421 g/mol. The summed E-state index contributed by atoms with van der Waals surface area (Å²) in [6.45, 7) is 3.13. The smallest absolute Gasteiger partial charge is 0.137 e. The van der Waals surface area contributed by atoms with Gasteiger partial charge in [0.15, 0.2) is 0 Å². The number of unbranched alkanes of at least 4 members (excludes halogenated alkanes) is 1. The van der Waals surface area contributed by atoms with Crippen LogP contribution >= 0.6 is 15.9 Å². The number of carbonyl (C=O) groups is 1. The van der Waals surface area contributed by atoms with Crippen molar-refractivity contribution in [2.75, 3.05) is 13.2 Å². The number of nitrogens with zero attached hydrogens (tertiary/aromatic N) is 1. The molecule has 1 unspecified atom stereocenters. The third kappa shape index (κ3) is 6.33. The molecule has 0 aliphatic carbocycles. The fourth-order valence-electron chi connectivity index (χ4n) is 2.49. The van der Waals surface area contributed by atoms with Gasteiger partial charge in [-0.1, -0.05) is 13.0 Å². The zero-order valence-electron chi connectivity index (χ0n) is 14.9. The van der Waals surface area contributed by atoms with Gasteiger partial charge in [-0.25, -0.2) is 0 Å². The van der Waals surface area contributed by atoms with Crippen molar-refractivity contribution in [3.63, 3.8) is 0 Å². The molecule has 0 fully saturated rings. The first kappa shape index (κ1) is 20.2. The number of aldehydes is 1. The number of aromatic hydroxyl groups is 1. The molecule has 26 heavy (non-hydrogen) atoms. The number of benzene rings is 1. The molecule has 1 heterocycles. The molecule has 0 spiro atoms. The number of aromatic nitrogens is 1. The summed E-state index contributed by atoms with van der Waals surface area (Å²) in [6, 6.07) is 7.41. The topological polar surface area (TPSA) is 68.7 Å². The van der Waals surface area contributed by atoms with Gasteiger partial charge in [0, 0.05) is 12.6 Å². The molecule has 2 rings (SSSR count). The zero-order chi connectivity index (χ0) is 18.8. The summed E-state index contributed by atoms with van der Waals surface area (Å²) in [5.41, 5.74) is 0.809. The van der Waals surface area contributed by atoms with Crippen LogP contribution < -0.4 is 9.47 Å². The molecule has 2 aromatic rings. The van der Waals surface area contributed by atoms with E-state index in [1.54, 1.807) is 12.4 Å². The number of ether oxygens (including phenoxy) is 2. The Bertz CT molecular complexity index is 694. The molecule has 0 saturated carbocycles. The Morgan fingerprint density at radius 2 is 2.00 bits per heavy atom. The van der Waals surface area contributed by atoms with Gasteiger partial charge >= 0.3 is 0 Å². The van der Waals surface area contributed by atoms with Gasteiger partial charge in [0.1, 0.15) is 28.0 Å². The maximum Gasteiger partial charge on any atom is 0.137 e. The van der Waals surface area contributed by atoms with Gasteiger partial charge in [0.2, 0.25) is 0 Å². The highest BCUT2D eigenvalue weighted by Gasteiger charge is 2.13. The van der Waals surface area contributed by atoms with Gasteiger partial charge in [0.25, 0.3) is 0 Å². The molecule has 0 saturated heterocycles. The molecule has 0 radical (unpaired) electrons. The molecule has 0 amide bonds. The molecule has 0 aliphatic heterocycles. The minimum absolute atomic E-state index is 0.181. The highest BCUT2D eigenvalue weighted by molar-refractivity contribution is 9.10. The average molecular weight is 422 g/mol. The van der Waals surface area contributed by atoms with E-state index in [4.69, 9.17) is 9.47 Å². The highest BCUT2D eigenvalue weighted by Crippen LogP contribution is 2.37. The Labute approximate surface area is 162 Å². The van der Waals surface area contributed by atoms with Crippen molar-refractivity contribution in [2.24, 2.45) is 5.92 Å². The molecule has 140 valence electrons. The molecule has 6 heteroatoms. The second kappa shape index (κ2) is 10.8. The predicted molar refractivity (Wildman–Crippen MR) is 104 cm³/mol. The summed E-state index contributed by atoms with van der Waals surface area (Å²) in [6.07, 6.45) is 7.14. The van der Waals surface area contributed by atoms with Crippen LogP contribution in [0.5, 0.6) is 17.2 Å². The van der Waals surface area contributed by atoms with Gasteiger partial charge in [-0.05, 0) is 64.9 Å². The van der Waals surface area contributed by atoms with Gasteiger partial charge in [-0.15, -0.1) is 0 Å². The number of hydrogen-bond donors (Lipinski definition) is 1. The van der Waals surface area contributed by atoms with Crippen LogP contribution in [-0.2, 0) is 11.2 Å². The molecule has 0 bridgehead atoms. The lowest BCUT2D eigenvalue weighted by Gasteiger charge is -2.14. The van der Waals surface area contributed by atoms with Crippen molar-refractivity contribution in [1.29, 1.82) is 0 Å². The van der Waals surface area contributed by atoms with Gasteiger partial charge in [0.05, 0.1) is 19.4 Å². The normalized spacial score (nSPS) is 11.8. The molecule has 1 aromatic heterocycles. The lowest BCUT2D eigenvalue weighted by atomic mass is 9.98. The number of hydrogen-bond acceptors (Lipinski definition) is 5. The Balaban J connectivity index is 1.75. The van der Waals surface area contributed by atoms with Crippen molar-refractivity contribution >= 4 is 22.2 Å². The van der Waals surface area contributed by atoms with Gasteiger partial charge < -0.3 is 19.4 Å². The molecular formula is C20H24BrNO4. The molecule has 1 aromatic carbocycles. The van der Waals surface area contributed by atoms with Gasteiger partial charge in [-0.3, -0.25) is 4.98 Å². The Hall–Kier alpha value is -2.08. The number of rotatable bonds is 11. The second-order valence-electron chi connectivity index (χ2n) is 6.19. The van der Waals surface area contributed by atoms with Crippen LogP contribution in [0.2, 0.25) is 0 Å². The highest BCUT2D eigenvalue weighted by atomic mass is 79.9. The van der Waals surface area contributed by atoms with Gasteiger partial charge in [-0.2, -0.15) is 0 Å². The summed E-state index contributed by atoms with van der Waals surface area (Å²) in [4.78, 5) is 14.6. The lowest BCUT2D eigenvalue weighted by Crippen LogP contribution is -2.04. The summed E-state index contributed by atoms with van der Waals surface area (Å²) in [5, 5.41) is 10.3.